The molecule has 2 aromatic carbocycles. The molecule has 0 bridgehead atoms. The van der Waals surface area contributed by atoms with Crippen molar-refractivity contribution in [2.24, 2.45) is 0 Å². The largest absolute Gasteiger partial charge is 0.478 e. The van der Waals surface area contributed by atoms with Gasteiger partial charge in [-0.15, -0.1) is 0 Å². The maximum absolute atomic E-state index is 12.9. The number of carbonyl (C=O) groups excluding carboxylic acids is 1. The number of rotatable bonds is 6. The van der Waals surface area contributed by atoms with Crippen molar-refractivity contribution in [1.82, 2.24) is 4.90 Å². The third-order valence-corrected chi connectivity index (χ3v) is 6.35. The van der Waals surface area contributed by atoms with E-state index in [9.17, 15) is 23.1 Å². The molecule has 10 heteroatoms. The van der Waals surface area contributed by atoms with Gasteiger partial charge in [-0.2, -0.15) is 0 Å². The molecular formula is C21H25N3O6S. The number of hydrogen-bond donors (Lipinski definition) is 2. The Morgan fingerprint density at radius 2 is 1.71 bits per heavy atom. The fraction of sp³-hybridized carbons (Fsp3) is 0.333. The molecule has 31 heavy (non-hydrogen) atoms. The van der Waals surface area contributed by atoms with E-state index in [1.807, 2.05) is 11.8 Å². The summed E-state index contributed by atoms with van der Waals surface area (Å²) in [5.74, 6) is -1.16. The highest BCUT2D eigenvalue weighted by molar-refractivity contribution is 7.92. The quantitative estimate of drug-likeness (QED) is 0.699. The molecular weight excluding hydrogens is 422 g/mol. The van der Waals surface area contributed by atoms with Gasteiger partial charge in [0.05, 0.1) is 28.4 Å². The number of aryl methyl sites for hydroxylation is 1. The summed E-state index contributed by atoms with van der Waals surface area (Å²) in [5, 5.41) is 9.35. The molecule has 0 unspecified atom stereocenters. The topological polar surface area (TPSA) is 116 Å². The van der Waals surface area contributed by atoms with Gasteiger partial charge in [0.15, 0.2) is 0 Å². The molecule has 0 atom stereocenters. The summed E-state index contributed by atoms with van der Waals surface area (Å²) < 4.78 is 33.3. The molecule has 1 aliphatic heterocycles. The Balaban J connectivity index is 1.87. The van der Waals surface area contributed by atoms with Gasteiger partial charge in [-0.3, -0.25) is 4.72 Å². The van der Waals surface area contributed by atoms with E-state index in [2.05, 4.69) is 4.72 Å². The van der Waals surface area contributed by atoms with Crippen molar-refractivity contribution in [3.8, 4) is 0 Å². The molecule has 0 saturated carbocycles. The van der Waals surface area contributed by atoms with E-state index in [1.54, 1.807) is 30.0 Å². The van der Waals surface area contributed by atoms with Gasteiger partial charge in [0.2, 0.25) is 0 Å². The number of amides is 1. The van der Waals surface area contributed by atoms with Crippen LogP contribution in [0.5, 0.6) is 0 Å². The first-order valence-corrected chi connectivity index (χ1v) is 11.3. The van der Waals surface area contributed by atoms with Gasteiger partial charge >= 0.3 is 12.1 Å². The van der Waals surface area contributed by atoms with Crippen molar-refractivity contribution >= 4 is 33.5 Å². The zero-order valence-electron chi connectivity index (χ0n) is 17.4. The molecule has 0 spiro atoms. The molecule has 3 rings (SSSR count). The summed E-state index contributed by atoms with van der Waals surface area (Å²) >= 11 is 0. The second kappa shape index (κ2) is 9.25. The number of piperazine rings is 1. The Hall–Kier alpha value is -3.27. The number of carbonyl (C=O) groups is 2. The summed E-state index contributed by atoms with van der Waals surface area (Å²) in [5.41, 5.74) is 1.61. The smallest absolute Gasteiger partial charge is 0.409 e. The lowest BCUT2D eigenvalue weighted by Crippen LogP contribution is -2.49. The zero-order chi connectivity index (χ0) is 22.6. The van der Waals surface area contributed by atoms with Crippen molar-refractivity contribution in [1.29, 1.82) is 0 Å². The average Bonchev–Trinajstić information content (AvgIpc) is 2.74. The highest BCUT2D eigenvalue weighted by Crippen LogP contribution is 2.30. The van der Waals surface area contributed by atoms with Gasteiger partial charge in [0.25, 0.3) is 10.0 Å². The van der Waals surface area contributed by atoms with Crippen LogP contribution in [-0.4, -0.2) is 63.3 Å². The minimum atomic E-state index is -3.92. The molecule has 2 N–H and O–H groups in total. The van der Waals surface area contributed by atoms with Gasteiger partial charge in [0, 0.05) is 26.2 Å². The van der Waals surface area contributed by atoms with Crippen molar-refractivity contribution in [3.63, 3.8) is 0 Å². The van der Waals surface area contributed by atoms with Crippen LogP contribution in [0.1, 0.15) is 22.8 Å². The van der Waals surface area contributed by atoms with Crippen LogP contribution in [0, 0.1) is 6.92 Å². The number of anilines is 2. The predicted octanol–water partition coefficient (Wildman–Crippen LogP) is 2.77. The number of hydrogen-bond acceptors (Lipinski definition) is 6. The second-order valence-corrected chi connectivity index (χ2v) is 8.81. The Bertz CT molecular complexity index is 1060. The number of sulfonamides is 1. The number of carboxylic acids is 1. The molecule has 166 valence electrons. The van der Waals surface area contributed by atoms with Gasteiger partial charge in [-0.05, 0) is 44.2 Å². The van der Waals surface area contributed by atoms with Crippen LogP contribution in [-0.2, 0) is 14.8 Å². The van der Waals surface area contributed by atoms with Crippen LogP contribution in [0.25, 0.3) is 0 Å². The maximum Gasteiger partial charge on any atom is 0.409 e. The molecule has 1 fully saturated rings. The molecule has 0 aromatic heterocycles. The normalized spacial score (nSPS) is 14.3. The Morgan fingerprint density at radius 1 is 1.06 bits per heavy atom. The van der Waals surface area contributed by atoms with Crippen molar-refractivity contribution in [3.05, 3.63) is 53.6 Å². The number of benzene rings is 2. The Labute approximate surface area is 181 Å². The predicted molar refractivity (Wildman–Crippen MR) is 116 cm³/mol. The summed E-state index contributed by atoms with van der Waals surface area (Å²) in [6.07, 6.45) is -0.385. The summed E-state index contributed by atoms with van der Waals surface area (Å²) in [4.78, 5) is 26.9. The second-order valence-electron chi connectivity index (χ2n) is 7.13. The first-order valence-electron chi connectivity index (χ1n) is 9.84. The van der Waals surface area contributed by atoms with E-state index in [0.717, 1.165) is 5.56 Å². The standard InChI is InChI=1S/C21H25N3O6S/c1-3-30-21(27)24-12-10-23(11-13-24)19-9-6-16(20(25)26)14-18(19)22-31(28,29)17-7-4-15(2)5-8-17/h4-9,14,22H,3,10-13H2,1-2H3,(H,25,26). The molecule has 1 saturated heterocycles. The molecule has 1 amide bonds. The summed E-state index contributed by atoms with van der Waals surface area (Å²) in [6.45, 7) is 5.60. The van der Waals surface area contributed by atoms with Crippen LogP contribution in [0.2, 0.25) is 0 Å². The molecule has 2 aromatic rings. The van der Waals surface area contributed by atoms with Crippen LogP contribution in [0.3, 0.4) is 0 Å². The zero-order valence-corrected chi connectivity index (χ0v) is 18.2. The van der Waals surface area contributed by atoms with Gasteiger partial charge < -0.3 is 19.6 Å². The molecule has 1 heterocycles. The molecule has 9 nitrogen and oxygen atoms in total. The summed E-state index contributed by atoms with van der Waals surface area (Å²) in [6, 6.07) is 10.7. The first kappa shape index (κ1) is 22.4. The number of aromatic carboxylic acids is 1. The van der Waals surface area contributed by atoms with Crippen molar-refractivity contribution in [2.45, 2.75) is 18.7 Å². The Kier molecular flexibility index (Phi) is 6.69. The van der Waals surface area contributed by atoms with Crippen LogP contribution < -0.4 is 9.62 Å². The van der Waals surface area contributed by atoms with Crippen LogP contribution in [0.15, 0.2) is 47.4 Å². The van der Waals surface area contributed by atoms with E-state index >= 15 is 0 Å². The fourth-order valence-corrected chi connectivity index (χ4v) is 4.36. The fourth-order valence-electron chi connectivity index (χ4n) is 3.29. The highest BCUT2D eigenvalue weighted by Gasteiger charge is 2.25. The average molecular weight is 448 g/mol. The molecule has 1 aliphatic rings. The Morgan fingerprint density at radius 3 is 2.29 bits per heavy atom. The molecule has 0 radical (unpaired) electrons. The van der Waals surface area contributed by atoms with E-state index in [-0.39, 0.29) is 22.2 Å². The number of nitrogens with one attached hydrogen (secondary N) is 1. The monoisotopic (exact) mass is 447 g/mol. The first-order chi connectivity index (χ1) is 14.7. The number of ether oxygens (including phenoxy) is 1. The highest BCUT2D eigenvalue weighted by atomic mass is 32.2. The third kappa shape index (κ3) is 5.26. The van der Waals surface area contributed by atoms with Crippen molar-refractivity contribution in [2.75, 3.05) is 42.4 Å². The van der Waals surface area contributed by atoms with Gasteiger partial charge in [0.1, 0.15) is 0 Å². The minimum Gasteiger partial charge on any atom is -0.478 e. The van der Waals surface area contributed by atoms with E-state index in [0.29, 0.717) is 38.5 Å². The van der Waals surface area contributed by atoms with Crippen LogP contribution in [0.4, 0.5) is 16.2 Å². The van der Waals surface area contributed by atoms with Crippen molar-refractivity contribution < 1.29 is 27.9 Å². The SMILES string of the molecule is CCOC(=O)N1CCN(c2ccc(C(=O)O)cc2NS(=O)(=O)c2ccc(C)cc2)CC1. The van der Waals surface area contributed by atoms with E-state index in [1.165, 1.54) is 24.3 Å². The third-order valence-electron chi connectivity index (χ3n) is 4.97. The minimum absolute atomic E-state index is 0.0319. The molecule has 0 aliphatic carbocycles. The lowest BCUT2D eigenvalue weighted by molar-refractivity contribution is 0.0696. The maximum atomic E-state index is 12.9. The lowest BCUT2D eigenvalue weighted by atomic mass is 10.1. The van der Waals surface area contributed by atoms with E-state index in [4.69, 9.17) is 4.74 Å². The van der Waals surface area contributed by atoms with E-state index < -0.39 is 16.0 Å². The van der Waals surface area contributed by atoms with Gasteiger partial charge in [-0.25, -0.2) is 18.0 Å². The number of nitrogens with zero attached hydrogens (tertiary/aromatic N) is 2. The number of carboxylic acid groups (broad SMARTS) is 1. The lowest BCUT2D eigenvalue weighted by Gasteiger charge is -2.36. The van der Waals surface area contributed by atoms with Crippen LogP contribution >= 0.6 is 0 Å². The van der Waals surface area contributed by atoms with Gasteiger partial charge in [-0.1, -0.05) is 17.7 Å². The summed E-state index contributed by atoms with van der Waals surface area (Å²) in [7, 11) is -3.92.